The topological polar surface area (TPSA) is 64.6 Å². The third-order valence-corrected chi connectivity index (χ3v) is 8.30. The summed E-state index contributed by atoms with van der Waals surface area (Å²) in [6.45, 7) is 4.83. The van der Waals surface area contributed by atoms with Crippen LogP contribution >= 0.6 is 0 Å². The highest BCUT2D eigenvalue weighted by atomic mass is 16.7. The fraction of sp³-hybridized carbons (Fsp3) is 0.548. The lowest BCUT2D eigenvalue weighted by atomic mass is 9.86. The van der Waals surface area contributed by atoms with Gasteiger partial charge in [-0.15, -0.1) is 0 Å². The van der Waals surface area contributed by atoms with Crippen molar-refractivity contribution in [1.29, 1.82) is 0 Å². The van der Waals surface area contributed by atoms with E-state index in [-0.39, 0.29) is 54.9 Å². The van der Waals surface area contributed by atoms with Crippen LogP contribution in [-0.4, -0.2) is 67.3 Å². The first kappa shape index (κ1) is 24.8. The van der Waals surface area contributed by atoms with Crippen LogP contribution in [0.4, 0.5) is 0 Å². The Morgan fingerprint density at radius 3 is 2.63 bits per heavy atom. The molecule has 0 saturated carbocycles. The van der Waals surface area contributed by atoms with Gasteiger partial charge in [-0.1, -0.05) is 48.6 Å². The van der Waals surface area contributed by atoms with E-state index in [0.29, 0.717) is 13.2 Å². The van der Waals surface area contributed by atoms with Crippen molar-refractivity contribution < 1.29 is 33.2 Å². The van der Waals surface area contributed by atoms with Crippen molar-refractivity contribution in [3.63, 3.8) is 0 Å². The summed E-state index contributed by atoms with van der Waals surface area (Å²) in [5.74, 6) is -0.636. The van der Waals surface area contributed by atoms with Gasteiger partial charge in [0.25, 0.3) is 0 Å². The Kier molecular flexibility index (Phi) is 6.55. The molecule has 38 heavy (non-hydrogen) atoms. The van der Waals surface area contributed by atoms with Crippen molar-refractivity contribution in [1.82, 2.24) is 0 Å². The summed E-state index contributed by atoms with van der Waals surface area (Å²) >= 11 is 0. The molecule has 9 atom stereocenters. The molecule has 5 heterocycles. The van der Waals surface area contributed by atoms with Crippen LogP contribution in [0.5, 0.6) is 0 Å². The molecule has 2 aromatic rings. The van der Waals surface area contributed by atoms with Gasteiger partial charge in [0.05, 0.1) is 37.8 Å². The highest BCUT2D eigenvalue weighted by molar-refractivity contribution is 5.82. The zero-order valence-corrected chi connectivity index (χ0v) is 21.9. The van der Waals surface area contributed by atoms with E-state index in [0.717, 1.165) is 24.8 Å². The number of ether oxygens (including phenoxy) is 7. The largest absolute Gasteiger partial charge is 0.493 e. The van der Waals surface area contributed by atoms with Gasteiger partial charge in [0.15, 0.2) is 11.9 Å². The maximum Gasteiger partial charge on any atom is 0.163 e. The lowest BCUT2D eigenvalue weighted by Gasteiger charge is -2.50. The van der Waals surface area contributed by atoms with Crippen LogP contribution < -0.4 is 0 Å². The van der Waals surface area contributed by atoms with Crippen LogP contribution in [0.2, 0.25) is 0 Å². The number of fused-ring (bicyclic) bond motifs is 5. The van der Waals surface area contributed by atoms with Crippen molar-refractivity contribution in [2.24, 2.45) is 0 Å². The SMILES string of the molecule is CC1(C)OC[C@H]2O[C@H]3C[C@H]4O[C@H]5CCC=CO[C@@H]5[C@@H](OCc5ccc6ccccc6c5)[C@@H]4O[C@@H]3C=C[C@@H]2O1. The maximum absolute atomic E-state index is 6.73. The van der Waals surface area contributed by atoms with Gasteiger partial charge < -0.3 is 33.2 Å². The lowest BCUT2D eigenvalue weighted by molar-refractivity contribution is -0.321. The summed E-state index contributed by atoms with van der Waals surface area (Å²) in [6, 6.07) is 14.9. The second kappa shape index (κ2) is 10.0. The molecule has 7 heteroatoms. The van der Waals surface area contributed by atoms with Crippen LogP contribution in [-0.2, 0) is 39.8 Å². The molecule has 2 aromatic carbocycles. The third-order valence-electron chi connectivity index (χ3n) is 8.30. The zero-order chi connectivity index (χ0) is 25.7. The molecule has 0 bridgehead atoms. The fourth-order valence-corrected chi connectivity index (χ4v) is 6.40. The number of benzene rings is 2. The molecule has 5 aliphatic heterocycles. The first-order chi connectivity index (χ1) is 18.5. The third kappa shape index (κ3) is 4.81. The smallest absolute Gasteiger partial charge is 0.163 e. The van der Waals surface area contributed by atoms with E-state index in [1.165, 1.54) is 10.8 Å². The number of hydrogen-bond acceptors (Lipinski definition) is 7. The molecule has 0 amide bonds. The summed E-state index contributed by atoms with van der Waals surface area (Å²) in [6.07, 6.45) is 8.85. The van der Waals surface area contributed by atoms with E-state index in [1.807, 2.05) is 13.8 Å². The molecular formula is C31H36O7. The highest BCUT2D eigenvalue weighted by Gasteiger charge is 2.54. The van der Waals surface area contributed by atoms with Gasteiger partial charge in [0, 0.05) is 6.42 Å². The van der Waals surface area contributed by atoms with Crippen molar-refractivity contribution in [2.45, 2.75) is 100 Å². The Labute approximate surface area is 223 Å². The minimum atomic E-state index is -0.636. The first-order valence-electron chi connectivity index (χ1n) is 13.9. The minimum Gasteiger partial charge on any atom is -0.493 e. The first-order valence-corrected chi connectivity index (χ1v) is 13.9. The Morgan fingerprint density at radius 1 is 0.868 bits per heavy atom. The van der Waals surface area contributed by atoms with Crippen LogP contribution in [0.25, 0.3) is 10.8 Å². The molecule has 0 aliphatic carbocycles. The molecule has 0 radical (unpaired) electrons. The van der Waals surface area contributed by atoms with Gasteiger partial charge in [0.2, 0.25) is 0 Å². The van der Waals surface area contributed by atoms with Gasteiger partial charge in [-0.3, -0.25) is 0 Å². The normalized spacial score (nSPS) is 39.6. The van der Waals surface area contributed by atoms with E-state index in [1.54, 1.807) is 6.26 Å². The number of rotatable bonds is 3. The predicted octanol–water partition coefficient (Wildman–Crippen LogP) is 4.82. The monoisotopic (exact) mass is 520 g/mol. The van der Waals surface area contributed by atoms with Crippen molar-refractivity contribution >= 4 is 10.8 Å². The van der Waals surface area contributed by atoms with Gasteiger partial charge in [0.1, 0.15) is 30.5 Å². The summed E-state index contributed by atoms with van der Waals surface area (Å²) in [4.78, 5) is 0. The van der Waals surface area contributed by atoms with E-state index >= 15 is 0 Å². The van der Waals surface area contributed by atoms with Crippen molar-refractivity contribution in [2.75, 3.05) is 6.61 Å². The van der Waals surface area contributed by atoms with Crippen LogP contribution in [0, 0.1) is 0 Å². The maximum atomic E-state index is 6.73. The summed E-state index contributed by atoms with van der Waals surface area (Å²) < 4.78 is 44.8. The predicted molar refractivity (Wildman–Crippen MR) is 140 cm³/mol. The van der Waals surface area contributed by atoms with Crippen LogP contribution in [0.1, 0.15) is 38.7 Å². The quantitative estimate of drug-likeness (QED) is 0.538. The fourth-order valence-electron chi connectivity index (χ4n) is 6.40. The molecule has 0 spiro atoms. The Balaban J connectivity index is 1.13. The summed E-state index contributed by atoms with van der Waals surface area (Å²) in [5.41, 5.74) is 1.13. The van der Waals surface area contributed by atoms with Gasteiger partial charge >= 0.3 is 0 Å². The molecule has 7 rings (SSSR count). The van der Waals surface area contributed by atoms with Crippen LogP contribution in [0.15, 0.2) is 67.0 Å². The Hall–Kier alpha value is -2.26. The minimum absolute atomic E-state index is 0.0655. The molecule has 0 aromatic heterocycles. The van der Waals surface area contributed by atoms with Crippen molar-refractivity contribution in [3.05, 3.63) is 72.5 Å². The van der Waals surface area contributed by atoms with Crippen molar-refractivity contribution in [3.8, 4) is 0 Å². The zero-order valence-electron chi connectivity index (χ0n) is 21.9. The summed E-state index contributed by atoms with van der Waals surface area (Å²) in [5, 5.41) is 2.43. The molecule has 3 saturated heterocycles. The molecule has 7 nitrogen and oxygen atoms in total. The van der Waals surface area contributed by atoms with E-state index < -0.39 is 5.79 Å². The average Bonchev–Trinajstić information content (AvgIpc) is 3.25. The highest BCUT2D eigenvalue weighted by Crippen LogP contribution is 2.40. The summed E-state index contributed by atoms with van der Waals surface area (Å²) in [7, 11) is 0. The molecular weight excluding hydrogens is 484 g/mol. The second-order valence-electron chi connectivity index (χ2n) is 11.4. The lowest BCUT2D eigenvalue weighted by Crippen LogP contribution is -2.64. The average molecular weight is 521 g/mol. The number of allylic oxidation sites excluding steroid dienone is 1. The molecule has 0 N–H and O–H groups in total. The Bertz CT molecular complexity index is 1210. The molecule has 5 aliphatic rings. The second-order valence-corrected chi connectivity index (χ2v) is 11.4. The standard InChI is InChI=1S/C31H36O7/c1-31(2)34-18-27-23(38-31)13-12-22-25(36-27)16-26-29(37-22)30(28-24(35-26)9-5-6-14-32-28)33-17-19-10-11-20-7-3-4-8-21(20)15-19/h3-4,6-8,10-15,22-30H,5,9,16-18H2,1-2H3/t22-,23+,24+,25+,26-,27-,28+,29-,30-/m1/s1. The van der Waals surface area contributed by atoms with Gasteiger partial charge in [-0.2, -0.15) is 0 Å². The Morgan fingerprint density at radius 2 is 1.71 bits per heavy atom. The van der Waals surface area contributed by atoms with E-state index in [2.05, 4.69) is 60.7 Å². The van der Waals surface area contributed by atoms with Crippen LogP contribution in [0.3, 0.4) is 0 Å². The molecule has 202 valence electrons. The molecule has 0 unspecified atom stereocenters. The van der Waals surface area contributed by atoms with Gasteiger partial charge in [-0.05, 0) is 55.2 Å². The molecule has 3 fully saturated rings. The number of hydrogen-bond donors (Lipinski definition) is 0. The van der Waals surface area contributed by atoms with E-state index in [4.69, 9.17) is 33.2 Å². The van der Waals surface area contributed by atoms with E-state index in [9.17, 15) is 0 Å². The van der Waals surface area contributed by atoms with Gasteiger partial charge in [-0.25, -0.2) is 0 Å².